The number of ether oxygens (including phenoxy) is 1. The van der Waals surface area contributed by atoms with Crippen molar-refractivity contribution < 1.29 is 14.3 Å². The maximum Gasteiger partial charge on any atom is 0.416 e. The summed E-state index contributed by atoms with van der Waals surface area (Å²) in [5, 5.41) is 9.21. The van der Waals surface area contributed by atoms with Crippen molar-refractivity contribution in [3.05, 3.63) is 53.0 Å². The quantitative estimate of drug-likeness (QED) is 0.477. The molecule has 0 unspecified atom stereocenters. The number of unbranched alkanes of at least 4 members (excludes halogenated alkanes) is 1. The maximum atomic E-state index is 13.4. The Kier molecular flexibility index (Phi) is 8.32. The van der Waals surface area contributed by atoms with E-state index in [1.807, 2.05) is 30.0 Å². The molecule has 5 heterocycles. The van der Waals surface area contributed by atoms with Crippen LogP contribution in [0.25, 0.3) is 0 Å². The van der Waals surface area contributed by atoms with Gasteiger partial charge in [0.2, 0.25) is 0 Å². The number of carbonyl (C=O) groups is 2. The molecule has 3 saturated heterocycles. The van der Waals surface area contributed by atoms with Crippen LogP contribution in [-0.2, 0) is 4.74 Å². The minimum atomic E-state index is -0.432. The monoisotopic (exact) mass is 558 g/mol. The van der Waals surface area contributed by atoms with Gasteiger partial charge in [-0.25, -0.2) is 14.8 Å². The van der Waals surface area contributed by atoms with Gasteiger partial charge >= 0.3 is 6.09 Å². The third kappa shape index (κ3) is 5.67. The second-order valence-electron chi connectivity index (χ2n) is 12.2. The lowest BCUT2D eigenvalue weighted by Gasteiger charge is -2.54. The first-order chi connectivity index (χ1) is 19.7. The van der Waals surface area contributed by atoms with Crippen LogP contribution < -0.4 is 4.90 Å². The molecule has 0 aliphatic carbocycles. The van der Waals surface area contributed by atoms with Crippen LogP contribution in [0.1, 0.15) is 86.1 Å². The topological polar surface area (TPSA) is 103 Å². The van der Waals surface area contributed by atoms with E-state index in [4.69, 9.17) is 4.74 Å². The Hall–Kier alpha value is -3.51. The molecule has 9 nitrogen and oxygen atoms in total. The van der Waals surface area contributed by atoms with Crippen LogP contribution in [0.2, 0.25) is 0 Å². The maximum absolute atomic E-state index is 13.4. The van der Waals surface area contributed by atoms with Crippen molar-refractivity contribution in [2.24, 2.45) is 5.92 Å². The van der Waals surface area contributed by atoms with Gasteiger partial charge in [-0.1, -0.05) is 25.8 Å². The van der Waals surface area contributed by atoms with Crippen molar-refractivity contribution in [3.63, 3.8) is 0 Å². The van der Waals surface area contributed by atoms with Crippen LogP contribution in [0.5, 0.6) is 0 Å². The van der Waals surface area contributed by atoms with Crippen molar-refractivity contribution in [2.45, 2.75) is 83.8 Å². The Morgan fingerprint density at radius 2 is 1.88 bits per heavy atom. The summed E-state index contributed by atoms with van der Waals surface area (Å²) >= 11 is 0. The highest BCUT2D eigenvalue weighted by atomic mass is 16.6. The highest BCUT2D eigenvalue weighted by Gasteiger charge is 2.52. The Morgan fingerprint density at radius 1 is 1.15 bits per heavy atom. The Bertz CT molecular complexity index is 1280. The average Bonchev–Trinajstić information content (AvgIpc) is 2.97. The first kappa shape index (κ1) is 29.0. The third-order valence-electron chi connectivity index (χ3n) is 9.72. The first-order valence-electron chi connectivity index (χ1n) is 15.0. The summed E-state index contributed by atoms with van der Waals surface area (Å²) in [6, 6.07) is 9.40. The molecule has 5 rings (SSSR count). The summed E-state index contributed by atoms with van der Waals surface area (Å²) in [7, 11) is 0. The molecule has 218 valence electrons. The molecule has 3 fully saturated rings. The number of rotatable bonds is 6. The largest absolute Gasteiger partial charge is 0.442 e. The van der Waals surface area contributed by atoms with E-state index >= 15 is 0 Å². The van der Waals surface area contributed by atoms with E-state index in [9.17, 15) is 14.9 Å². The smallest absolute Gasteiger partial charge is 0.416 e. The summed E-state index contributed by atoms with van der Waals surface area (Å²) in [6.07, 6.45) is 8.12. The molecule has 0 bridgehead atoms. The van der Waals surface area contributed by atoms with E-state index in [1.54, 1.807) is 24.1 Å². The zero-order valence-corrected chi connectivity index (χ0v) is 24.9. The molecule has 0 radical (unpaired) electrons. The first-order valence-corrected chi connectivity index (χ1v) is 15.0. The summed E-state index contributed by atoms with van der Waals surface area (Å²) in [5.74, 6) is 0.924. The SMILES string of the molecule is CCCC[C@H]1CN(c2ccccn2)C(=O)OC12CCN(C1(C)CCN(C(=O)c3c(C)cc(C#N)nc3C)CC1)CC2. The number of hydrogen-bond donors (Lipinski definition) is 0. The number of nitriles is 1. The Morgan fingerprint density at radius 3 is 2.49 bits per heavy atom. The lowest BCUT2D eigenvalue weighted by atomic mass is 9.74. The van der Waals surface area contributed by atoms with Crippen LogP contribution in [0.3, 0.4) is 0 Å². The standard InChI is InChI=1S/C32H42N6O3/c1-5-6-9-25-22-38(27-10-7-8-15-34-27)30(40)41-32(25)13-18-37(19-14-32)31(4)11-16-36(17-12-31)29(39)28-23(2)20-26(21-33)35-24(28)3/h7-8,10,15,20,25H,5-6,9,11-14,16-19,22H2,1-4H3/t25-/m0/s1. The number of piperidine rings is 2. The average molecular weight is 559 g/mol. The van der Waals surface area contributed by atoms with Crippen LogP contribution in [0.4, 0.5) is 10.6 Å². The van der Waals surface area contributed by atoms with Gasteiger partial charge in [-0.3, -0.25) is 14.6 Å². The van der Waals surface area contributed by atoms with E-state index < -0.39 is 5.60 Å². The number of likely N-dealkylation sites (tertiary alicyclic amines) is 2. The molecule has 2 aromatic rings. The second-order valence-corrected chi connectivity index (χ2v) is 12.2. The zero-order valence-electron chi connectivity index (χ0n) is 24.9. The fraction of sp³-hybridized carbons (Fsp3) is 0.594. The lowest BCUT2D eigenvalue weighted by Crippen LogP contribution is -2.63. The van der Waals surface area contributed by atoms with E-state index in [2.05, 4.69) is 34.8 Å². The predicted molar refractivity (Wildman–Crippen MR) is 157 cm³/mol. The molecule has 2 amide bonds. The number of pyridine rings is 2. The van der Waals surface area contributed by atoms with Crippen molar-refractivity contribution >= 4 is 17.8 Å². The molecule has 1 atom stereocenters. The van der Waals surface area contributed by atoms with E-state index in [-0.39, 0.29) is 23.5 Å². The highest BCUT2D eigenvalue weighted by Crippen LogP contribution is 2.44. The van der Waals surface area contributed by atoms with Crippen molar-refractivity contribution in [1.82, 2.24) is 19.8 Å². The van der Waals surface area contributed by atoms with Crippen LogP contribution >= 0.6 is 0 Å². The molecule has 0 N–H and O–H groups in total. The number of aromatic nitrogens is 2. The molecule has 1 spiro atoms. The van der Waals surface area contributed by atoms with Gasteiger partial charge < -0.3 is 9.64 Å². The van der Waals surface area contributed by atoms with Gasteiger partial charge in [-0.05, 0) is 63.8 Å². The number of hydrogen-bond acceptors (Lipinski definition) is 7. The normalized spacial score (nSPS) is 22.3. The predicted octanol–water partition coefficient (Wildman–Crippen LogP) is 5.26. The molecule has 0 aromatic carbocycles. The molecule has 3 aliphatic heterocycles. The van der Waals surface area contributed by atoms with Crippen molar-refractivity contribution in [2.75, 3.05) is 37.6 Å². The molecule has 3 aliphatic rings. The number of amides is 2. The van der Waals surface area contributed by atoms with Gasteiger partial charge in [0, 0.05) is 63.2 Å². The van der Waals surface area contributed by atoms with Gasteiger partial charge in [-0.2, -0.15) is 5.26 Å². The summed E-state index contributed by atoms with van der Waals surface area (Å²) in [5.41, 5.74) is 1.93. The Balaban J connectivity index is 1.23. The van der Waals surface area contributed by atoms with Gasteiger partial charge in [0.25, 0.3) is 5.91 Å². The van der Waals surface area contributed by atoms with Gasteiger partial charge in [0.1, 0.15) is 23.2 Å². The number of anilines is 1. The number of nitrogens with zero attached hydrogens (tertiary/aromatic N) is 6. The third-order valence-corrected chi connectivity index (χ3v) is 9.72. The fourth-order valence-electron chi connectivity index (χ4n) is 7.09. The van der Waals surface area contributed by atoms with Crippen molar-refractivity contribution in [3.8, 4) is 6.07 Å². The van der Waals surface area contributed by atoms with Crippen LogP contribution in [0.15, 0.2) is 30.5 Å². The van der Waals surface area contributed by atoms with E-state index in [0.29, 0.717) is 42.4 Å². The Labute approximate surface area is 243 Å². The van der Waals surface area contributed by atoms with Gasteiger partial charge in [0.15, 0.2) is 0 Å². The summed E-state index contributed by atoms with van der Waals surface area (Å²) in [6.45, 7) is 12.0. The fourth-order valence-corrected chi connectivity index (χ4v) is 7.09. The highest BCUT2D eigenvalue weighted by molar-refractivity contribution is 5.96. The van der Waals surface area contributed by atoms with Crippen molar-refractivity contribution in [1.29, 1.82) is 5.26 Å². The van der Waals surface area contributed by atoms with E-state index in [0.717, 1.165) is 63.6 Å². The molecule has 0 saturated carbocycles. The molecule has 9 heteroatoms. The summed E-state index contributed by atoms with van der Waals surface area (Å²) < 4.78 is 6.34. The van der Waals surface area contributed by atoms with Gasteiger partial charge in [-0.15, -0.1) is 0 Å². The zero-order chi connectivity index (χ0) is 29.2. The second kappa shape index (κ2) is 11.8. The molecular formula is C32H42N6O3. The van der Waals surface area contributed by atoms with Gasteiger partial charge in [0.05, 0.1) is 11.3 Å². The van der Waals surface area contributed by atoms with Crippen LogP contribution in [0, 0.1) is 31.1 Å². The number of carbonyl (C=O) groups excluding carboxylic acids is 2. The van der Waals surface area contributed by atoms with Crippen LogP contribution in [-0.4, -0.2) is 75.6 Å². The molecule has 41 heavy (non-hydrogen) atoms. The molecule has 2 aromatic heterocycles. The summed E-state index contributed by atoms with van der Waals surface area (Å²) in [4.78, 5) is 41.6. The minimum Gasteiger partial charge on any atom is -0.442 e. The van der Waals surface area contributed by atoms with E-state index in [1.165, 1.54) is 0 Å². The number of aryl methyl sites for hydroxylation is 2. The lowest BCUT2D eigenvalue weighted by molar-refractivity contribution is -0.106. The minimum absolute atomic E-state index is 0.00183. The molecular weight excluding hydrogens is 516 g/mol.